The SMILES string of the molecule is CC(C)NC(=O)CN1CCC(CNC(=O)c2cc(F)cc(C(F)(F)F)c2)CC1. The van der Waals surface area contributed by atoms with Gasteiger partial charge in [-0.25, -0.2) is 4.39 Å². The van der Waals surface area contributed by atoms with Gasteiger partial charge in [0.1, 0.15) is 5.82 Å². The number of halogens is 4. The molecular weight excluding hydrogens is 378 g/mol. The number of rotatable bonds is 6. The third kappa shape index (κ3) is 6.78. The van der Waals surface area contributed by atoms with Gasteiger partial charge in [0.15, 0.2) is 0 Å². The summed E-state index contributed by atoms with van der Waals surface area (Å²) < 4.78 is 51.7. The molecule has 2 N–H and O–H groups in total. The van der Waals surface area contributed by atoms with E-state index in [1.807, 2.05) is 18.7 Å². The van der Waals surface area contributed by atoms with Crippen LogP contribution in [0.15, 0.2) is 18.2 Å². The fourth-order valence-corrected chi connectivity index (χ4v) is 3.14. The molecule has 0 aliphatic carbocycles. The summed E-state index contributed by atoms with van der Waals surface area (Å²) in [7, 11) is 0. The lowest BCUT2D eigenvalue weighted by atomic mass is 9.96. The molecule has 0 bridgehead atoms. The van der Waals surface area contributed by atoms with Crippen LogP contribution in [-0.2, 0) is 11.0 Å². The van der Waals surface area contributed by atoms with Crippen molar-refractivity contribution in [1.29, 1.82) is 0 Å². The molecule has 1 saturated heterocycles. The Morgan fingerprint density at radius 1 is 1.18 bits per heavy atom. The molecule has 1 aliphatic rings. The normalized spacial score (nSPS) is 16.2. The lowest BCUT2D eigenvalue weighted by Gasteiger charge is -2.31. The largest absolute Gasteiger partial charge is 0.416 e. The summed E-state index contributed by atoms with van der Waals surface area (Å²) in [5.41, 5.74) is -1.54. The van der Waals surface area contributed by atoms with Crippen LogP contribution in [0, 0.1) is 11.7 Å². The molecule has 0 saturated carbocycles. The first kappa shape index (κ1) is 22.1. The van der Waals surface area contributed by atoms with E-state index in [4.69, 9.17) is 0 Å². The number of benzene rings is 1. The van der Waals surface area contributed by atoms with E-state index < -0.39 is 23.5 Å². The van der Waals surface area contributed by atoms with Gasteiger partial charge < -0.3 is 10.6 Å². The summed E-state index contributed by atoms with van der Waals surface area (Å²) >= 11 is 0. The molecule has 0 spiro atoms. The number of nitrogens with one attached hydrogen (secondary N) is 2. The van der Waals surface area contributed by atoms with Gasteiger partial charge in [0.2, 0.25) is 5.91 Å². The number of nitrogens with zero attached hydrogens (tertiary/aromatic N) is 1. The number of amides is 2. The van der Waals surface area contributed by atoms with Gasteiger partial charge in [-0.1, -0.05) is 0 Å². The van der Waals surface area contributed by atoms with Gasteiger partial charge >= 0.3 is 6.18 Å². The monoisotopic (exact) mass is 403 g/mol. The summed E-state index contributed by atoms with van der Waals surface area (Å²) in [5, 5.41) is 5.42. The molecule has 0 atom stereocenters. The Kier molecular flexibility index (Phi) is 7.40. The Balaban J connectivity index is 1.82. The Hall–Kier alpha value is -2.16. The molecule has 28 heavy (non-hydrogen) atoms. The van der Waals surface area contributed by atoms with E-state index >= 15 is 0 Å². The van der Waals surface area contributed by atoms with Gasteiger partial charge in [0, 0.05) is 18.2 Å². The quantitative estimate of drug-likeness (QED) is 0.718. The zero-order valence-corrected chi connectivity index (χ0v) is 15.9. The fraction of sp³-hybridized carbons (Fsp3) is 0.579. The minimum Gasteiger partial charge on any atom is -0.353 e. The molecule has 1 aromatic carbocycles. The second-order valence-corrected chi connectivity index (χ2v) is 7.38. The van der Waals surface area contributed by atoms with Crippen molar-refractivity contribution in [2.75, 3.05) is 26.2 Å². The van der Waals surface area contributed by atoms with Crippen LogP contribution in [0.4, 0.5) is 17.6 Å². The van der Waals surface area contributed by atoms with E-state index in [1.54, 1.807) is 0 Å². The topological polar surface area (TPSA) is 61.4 Å². The zero-order valence-electron chi connectivity index (χ0n) is 15.9. The maximum Gasteiger partial charge on any atom is 0.416 e. The lowest BCUT2D eigenvalue weighted by Crippen LogP contribution is -2.44. The van der Waals surface area contributed by atoms with Crippen molar-refractivity contribution >= 4 is 11.8 Å². The third-order valence-electron chi connectivity index (χ3n) is 4.56. The number of alkyl halides is 3. The Labute approximate surface area is 161 Å². The second kappa shape index (κ2) is 9.36. The van der Waals surface area contributed by atoms with Crippen LogP contribution in [0.25, 0.3) is 0 Å². The maximum atomic E-state index is 13.4. The Morgan fingerprint density at radius 2 is 1.82 bits per heavy atom. The van der Waals surface area contributed by atoms with E-state index in [0.29, 0.717) is 38.3 Å². The summed E-state index contributed by atoms with van der Waals surface area (Å²) in [6.45, 7) is 5.80. The van der Waals surface area contributed by atoms with Crippen LogP contribution in [0.3, 0.4) is 0 Å². The molecule has 1 heterocycles. The van der Waals surface area contributed by atoms with Crippen LogP contribution >= 0.6 is 0 Å². The smallest absolute Gasteiger partial charge is 0.353 e. The van der Waals surface area contributed by atoms with Gasteiger partial charge in [-0.3, -0.25) is 14.5 Å². The molecule has 0 unspecified atom stereocenters. The van der Waals surface area contributed by atoms with E-state index in [2.05, 4.69) is 10.6 Å². The average Bonchev–Trinajstić information content (AvgIpc) is 2.58. The number of carbonyl (C=O) groups is 2. The molecule has 2 rings (SSSR count). The first-order chi connectivity index (χ1) is 13.0. The molecule has 0 aromatic heterocycles. The van der Waals surface area contributed by atoms with Crippen LogP contribution in [0.5, 0.6) is 0 Å². The molecular formula is C19H25F4N3O2. The fourth-order valence-electron chi connectivity index (χ4n) is 3.14. The number of hydrogen-bond donors (Lipinski definition) is 2. The van der Waals surface area contributed by atoms with Crippen molar-refractivity contribution in [2.45, 2.75) is 38.9 Å². The Morgan fingerprint density at radius 3 is 2.39 bits per heavy atom. The highest BCUT2D eigenvalue weighted by molar-refractivity contribution is 5.94. The highest BCUT2D eigenvalue weighted by Crippen LogP contribution is 2.30. The van der Waals surface area contributed by atoms with Gasteiger partial charge in [0.25, 0.3) is 5.91 Å². The van der Waals surface area contributed by atoms with Gasteiger partial charge in [-0.05, 0) is 63.9 Å². The molecule has 0 radical (unpaired) electrons. The molecule has 156 valence electrons. The third-order valence-corrected chi connectivity index (χ3v) is 4.56. The molecule has 9 heteroatoms. The van der Waals surface area contributed by atoms with E-state index in [-0.39, 0.29) is 23.4 Å². The minimum atomic E-state index is -4.72. The van der Waals surface area contributed by atoms with Crippen molar-refractivity contribution < 1.29 is 27.2 Å². The number of hydrogen-bond acceptors (Lipinski definition) is 3. The van der Waals surface area contributed by atoms with Crippen LogP contribution in [0.2, 0.25) is 0 Å². The van der Waals surface area contributed by atoms with Crippen molar-refractivity contribution in [2.24, 2.45) is 5.92 Å². The zero-order chi connectivity index (χ0) is 20.9. The van der Waals surface area contributed by atoms with Crippen molar-refractivity contribution in [3.8, 4) is 0 Å². The summed E-state index contributed by atoms with van der Waals surface area (Å²) in [4.78, 5) is 25.9. The first-order valence-electron chi connectivity index (χ1n) is 9.22. The average molecular weight is 403 g/mol. The molecule has 1 aliphatic heterocycles. The van der Waals surface area contributed by atoms with Crippen LogP contribution in [0.1, 0.15) is 42.6 Å². The van der Waals surface area contributed by atoms with Gasteiger partial charge in [0.05, 0.1) is 12.1 Å². The highest BCUT2D eigenvalue weighted by Gasteiger charge is 2.32. The van der Waals surface area contributed by atoms with Gasteiger partial charge in [-0.2, -0.15) is 13.2 Å². The molecule has 5 nitrogen and oxygen atoms in total. The standard InChI is InChI=1S/C19H25F4N3O2/c1-12(2)25-17(27)11-26-5-3-13(4-6-26)10-24-18(28)14-7-15(19(21,22)23)9-16(20)8-14/h7-9,12-13H,3-6,10-11H2,1-2H3,(H,24,28)(H,25,27). The van der Waals surface area contributed by atoms with Crippen LogP contribution in [-0.4, -0.2) is 48.9 Å². The molecule has 1 fully saturated rings. The highest BCUT2D eigenvalue weighted by atomic mass is 19.4. The van der Waals surface area contributed by atoms with E-state index in [9.17, 15) is 27.2 Å². The van der Waals surface area contributed by atoms with Gasteiger partial charge in [-0.15, -0.1) is 0 Å². The second-order valence-electron chi connectivity index (χ2n) is 7.38. The summed E-state index contributed by atoms with van der Waals surface area (Å²) in [6.07, 6.45) is -3.20. The van der Waals surface area contributed by atoms with Crippen LogP contribution < -0.4 is 10.6 Å². The molecule has 2 amide bonds. The van der Waals surface area contributed by atoms with E-state index in [1.165, 1.54) is 0 Å². The lowest BCUT2D eigenvalue weighted by molar-refractivity contribution is -0.137. The number of likely N-dealkylation sites (tertiary alicyclic amines) is 1. The Bertz CT molecular complexity index is 699. The molecule has 1 aromatic rings. The van der Waals surface area contributed by atoms with Crippen molar-refractivity contribution in [3.05, 3.63) is 35.1 Å². The predicted molar refractivity (Wildman–Crippen MR) is 96.2 cm³/mol. The summed E-state index contributed by atoms with van der Waals surface area (Å²) in [6, 6.07) is 1.89. The van der Waals surface area contributed by atoms with Crippen molar-refractivity contribution in [1.82, 2.24) is 15.5 Å². The first-order valence-corrected chi connectivity index (χ1v) is 9.22. The van der Waals surface area contributed by atoms with Crippen molar-refractivity contribution in [3.63, 3.8) is 0 Å². The minimum absolute atomic E-state index is 0.0340. The summed E-state index contributed by atoms with van der Waals surface area (Å²) in [5.74, 6) is -1.71. The maximum absolute atomic E-state index is 13.4. The number of carbonyl (C=O) groups excluding carboxylic acids is 2. The predicted octanol–water partition coefficient (Wildman–Crippen LogP) is 2.81. The van der Waals surface area contributed by atoms with E-state index in [0.717, 1.165) is 18.9 Å². The number of piperidine rings is 1.